The van der Waals surface area contributed by atoms with Gasteiger partial charge in [0.05, 0.1) is 0 Å². The van der Waals surface area contributed by atoms with Crippen molar-refractivity contribution < 1.29 is 27.0 Å². The molecule has 5 heteroatoms. The molecule has 1 radical (unpaired) electrons. The third-order valence-corrected chi connectivity index (χ3v) is 1.92. The quantitative estimate of drug-likeness (QED) is 0.729. The molecule has 0 bridgehead atoms. The molecule has 0 amide bonds. The van der Waals surface area contributed by atoms with Gasteiger partial charge < -0.3 is 10.2 Å². The van der Waals surface area contributed by atoms with Crippen LogP contribution in [-0.2, 0) is 16.8 Å². The summed E-state index contributed by atoms with van der Waals surface area (Å²) in [6.07, 6.45) is 1.07. The van der Waals surface area contributed by atoms with Crippen LogP contribution in [0.25, 0.3) is 0 Å². The molecule has 0 aliphatic carbocycles. The summed E-state index contributed by atoms with van der Waals surface area (Å²) < 4.78 is 0. The molecule has 15 heavy (non-hydrogen) atoms. The molecule has 0 aromatic rings. The standard InChI is InChI=1S/2C5H13NO.Co/c2*1-4-5(7)6(2)3;/h2*5,7H,4H2,1-3H3;. The zero-order valence-corrected chi connectivity index (χ0v) is 11.7. The first kappa shape index (κ1) is 20.7. The van der Waals surface area contributed by atoms with Gasteiger partial charge in [0.15, 0.2) is 0 Å². The Morgan fingerprint density at radius 2 is 1.00 bits per heavy atom. The molecular weight excluding hydrogens is 239 g/mol. The van der Waals surface area contributed by atoms with Gasteiger partial charge in [0.25, 0.3) is 0 Å². The van der Waals surface area contributed by atoms with Crippen molar-refractivity contribution in [1.29, 1.82) is 0 Å². The fraction of sp³-hybridized carbons (Fsp3) is 1.00. The van der Waals surface area contributed by atoms with E-state index >= 15 is 0 Å². The minimum atomic E-state index is -0.264. The Labute approximate surface area is 104 Å². The maximum Gasteiger partial charge on any atom is 0.106 e. The molecular formula is C10H26CoN2O2. The molecule has 0 saturated carbocycles. The maximum absolute atomic E-state index is 8.86. The minimum absolute atomic E-state index is 0. The summed E-state index contributed by atoms with van der Waals surface area (Å²) in [5.41, 5.74) is 0. The van der Waals surface area contributed by atoms with E-state index in [1.165, 1.54) is 0 Å². The summed E-state index contributed by atoms with van der Waals surface area (Å²) in [5, 5.41) is 17.7. The minimum Gasteiger partial charge on any atom is -0.378 e. The average molecular weight is 265 g/mol. The Kier molecular flexibility index (Phi) is 17.2. The number of rotatable bonds is 4. The third-order valence-electron chi connectivity index (χ3n) is 1.92. The van der Waals surface area contributed by atoms with Crippen LogP contribution in [0.3, 0.4) is 0 Å². The van der Waals surface area contributed by atoms with Crippen LogP contribution in [-0.4, -0.2) is 60.7 Å². The van der Waals surface area contributed by atoms with E-state index in [-0.39, 0.29) is 29.2 Å². The molecule has 2 unspecified atom stereocenters. The van der Waals surface area contributed by atoms with E-state index in [1.54, 1.807) is 9.80 Å². The molecule has 4 nitrogen and oxygen atoms in total. The number of aliphatic hydroxyl groups is 2. The monoisotopic (exact) mass is 265 g/mol. The van der Waals surface area contributed by atoms with E-state index in [1.807, 2.05) is 42.0 Å². The second kappa shape index (κ2) is 12.4. The van der Waals surface area contributed by atoms with Crippen LogP contribution in [0, 0.1) is 0 Å². The molecule has 97 valence electrons. The molecule has 2 N–H and O–H groups in total. The van der Waals surface area contributed by atoms with Gasteiger partial charge in [-0.15, -0.1) is 0 Å². The van der Waals surface area contributed by atoms with E-state index in [4.69, 9.17) is 10.2 Å². The summed E-state index contributed by atoms with van der Waals surface area (Å²) in [7, 11) is 7.42. The summed E-state index contributed by atoms with van der Waals surface area (Å²) in [6.45, 7) is 3.90. The van der Waals surface area contributed by atoms with Gasteiger partial charge in [-0.1, -0.05) is 13.8 Å². The second-order valence-corrected chi connectivity index (χ2v) is 3.70. The fourth-order valence-electron chi connectivity index (χ4n) is 0.730. The van der Waals surface area contributed by atoms with Crippen LogP contribution in [0.5, 0.6) is 0 Å². The van der Waals surface area contributed by atoms with Crippen molar-refractivity contribution in [2.75, 3.05) is 28.2 Å². The van der Waals surface area contributed by atoms with Crippen LogP contribution in [0.2, 0.25) is 0 Å². The Morgan fingerprint density at radius 3 is 1.00 bits per heavy atom. The fourth-order valence-corrected chi connectivity index (χ4v) is 0.730. The predicted molar refractivity (Wildman–Crippen MR) is 60.0 cm³/mol. The largest absolute Gasteiger partial charge is 0.378 e. The SMILES string of the molecule is CCC(O)N(C)C.CCC(O)N(C)C.[Co]. The zero-order chi connectivity index (χ0) is 11.7. The van der Waals surface area contributed by atoms with Gasteiger partial charge in [-0.3, -0.25) is 9.80 Å². The van der Waals surface area contributed by atoms with Crippen molar-refractivity contribution >= 4 is 0 Å². The predicted octanol–water partition coefficient (Wildman–Crippen LogP) is 0.550. The molecule has 0 aliphatic heterocycles. The Balaban J connectivity index is -0.000000180. The first-order chi connectivity index (χ1) is 6.36. The summed E-state index contributed by atoms with van der Waals surface area (Å²) >= 11 is 0. The van der Waals surface area contributed by atoms with Gasteiger partial charge in [-0.2, -0.15) is 0 Å². The first-order valence-corrected chi connectivity index (χ1v) is 5.05. The van der Waals surface area contributed by atoms with E-state index in [0.717, 1.165) is 12.8 Å². The van der Waals surface area contributed by atoms with E-state index in [0.29, 0.717) is 0 Å². The second-order valence-electron chi connectivity index (χ2n) is 3.70. The van der Waals surface area contributed by atoms with Crippen molar-refractivity contribution in [1.82, 2.24) is 9.80 Å². The van der Waals surface area contributed by atoms with Gasteiger partial charge in [-0.25, -0.2) is 0 Å². The Hall–Kier alpha value is 0.346. The Bertz CT molecular complexity index is 110. The average Bonchev–Trinajstić information content (AvgIpc) is 2.15. The van der Waals surface area contributed by atoms with Gasteiger partial charge in [0, 0.05) is 16.8 Å². The molecule has 0 aromatic heterocycles. The number of nitrogens with zero attached hydrogens (tertiary/aromatic N) is 2. The maximum atomic E-state index is 8.86. The topological polar surface area (TPSA) is 46.9 Å². The molecule has 0 fully saturated rings. The van der Waals surface area contributed by atoms with Crippen LogP contribution in [0.4, 0.5) is 0 Å². The smallest absolute Gasteiger partial charge is 0.106 e. The normalized spacial score (nSPS) is 14.0. The van der Waals surface area contributed by atoms with Gasteiger partial charge in [0.1, 0.15) is 12.5 Å². The molecule has 0 aliphatic rings. The van der Waals surface area contributed by atoms with E-state index in [2.05, 4.69) is 0 Å². The van der Waals surface area contributed by atoms with Gasteiger partial charge in [0.2, 0.25) is 0 Å². The number of hydrogen-bond donors (Lipinski definition) is 2. The van der Waals surface area contributed by atoms with Crippen molar-refractivity contribution in [2.24, 2.45) is 0 Å². The van der Waals surface area contributed by atoms with Crippen molar-refractivity contribution in [3.63, 3.8) is 0 Å². The third kappa shape index (κ3) is 14.3. The van der Waals surface area contributed by atoms with Gasteiger partial charge in [-0.05, 0) is 41.0 Å². The van der Waals surface area contributed by atoms with Gasteiger partial charge >= 0.3 is 0 Å². The van der Waals surface area contributed by atoms with Crippen molar-refractivity contribution in [3.05, 3.63) is 0 Å². The molecule has 0 heterocycles. The molecule has 0 aromatic carbocycles. The Morgan fingerprint density at radius 1 is 0.800 bits per heavy atom. The van der Waals surface area contributed by atoms with Crippen molar-refractivity contribution in [2.45, 2.75) is 39.1 Å². The summed E-state index contributed by atoms with van der Waals surface area (Å²) in [4.78, 5) is 3.56. The molecule has 2 atom stereocenters. The van der Waals surface area contributed by atoms with E-state index in [9.17, 15) is 0 Å². The summed E-state index contributed by atoms with van der Waals surface area (Å²) in [6, 6.07) is 0. The van der Waals surface area contributed by atoms with Crippen LogP contribution < -0.4 is 0 Å². The van der Waals surface area contributed by atoms with E-state index < -0.39 is 0 Å². The van der Waals surface area contributed by atoms with Crippen LogP contribution in [0.1, 0.15) is 26.7 Å². The summed E-state index contributed by atoms with van der Waals surface area (Å²) in [5.74, 6) is 0. The number of hydrogen-bond acceptors (Lipinski definition) is 4. The molecule has 0 rings (SSSR count). The molecule has 0 saturated heterocycles. The van der Waals surface area contributed by atoms with Crippen LogP contribution >= 0.6 is 0 Å². The zero-order valence-electron chi connectivity index (χ0n) is 10.7. The van der Waals surface area contributed by atoms with Crippen LogP contribution in [0.15, 0.2) is 0 Å². The number of aliphatic hydroxyl groups excluding tert-OH is 2. The molecule has 0 spiro atoms. The first-order valence-electron chi connectivity index (χ1n) is 5.05. The van der Waals surface area contributed by atoms with Crippen molar-refractivity contribution in [3.8, 4) is 0 Å².